The van der Waals surface area contributed by atoms with Crippen molar-refractivity contribution >= 4 is 5.96 Å². The second-order valence-electron chi connectivity index (χ2n) is 6.43. The smallest absolute Gasteiger partial charge is 0.416 e. The highest BCUT2D eigenvalue weighted by Gasteiger charge is 2.30. The summed E-state index contributed by atoms with van der Waals surface area (Å²) in [5, 5.41) is 10.6. The third-order valence-electron chi connectivity index (χ3n) is 4.36. The van der Waals surface area contributed by atoms with Crippen molar-refractivity contribution in [2.24, 2.45) is 4.99 Å². The molecule has 0 aliphatic carbocycles. The van der Waals surface area contributed by atoms with Crippen molar-refractivity contribution in [3.63, 3.8) is 0 Å². The molecule has 0 fully saturated rings. The van der Waals surface area contributed by atoms with E-state index in [-0.39, 0.29) is 6.54 Å². The average molecular weight is 417 g/mol. The van der Waals surface area contributed by atoms with Gasteiger partial charge in [-0.3, -0.25) is 4.99 Å². The standard InChI is InChI=1S/C21H22F3N5O/c1-25-20(26-13-15-4-3-5-16(12-15)21(22,23)24)27-14-17-10-11-29(28-17)18-6-8-19(30-2)9-7-18/h3-12H,13-14H2,1-2H3,(H2,25,26,27). The molecule has 1 aromatic heterocycles. The van der Waals surface area contributed by atoms with Crippen molar-refractivity contribution in [1.82, 2.24) is 20.4 Å². The predicted octanol–water partition coefficient (Wildman–Crippen LogP) is 3.76. The number of rotatable bonds is 6. The molecule has 0 aliphatic rings. The second kappa shape index (κ2) is 9.34. The minimum absolute atomic E-state index is 0.212. The number of nitrogens with zero attached hydrogens (tertiary/aromatic N) is 3. The van der Waals surface area contributed by atoms with Crippen molar-refractivity contribution in [2.45, 2.75) is 19.3 Å². The lowest BCUT2D eigenvalue weighted by Crippen LogP contribution is -2.36. The maximum atomic E-state index is 12.8. The number of guanidine groups is 1. The van der Waals surface area contributed by atoms with E-state index in [0.29, 0.717) is 18.1 Å². The zero-order valence-electron chi connectivity index (χ0n) is 16.6. The third kappa shape index (κ3) is 5.53. The summed E-state index contributed by atoms with van der Waals surface area (Å²) in [7, 11) is 3.21. The quantitative estimate of drug-likeness (QED) is 0.474. The topological polar surface area (TPSA) is 63.5 Å². The highest BCUT2D eigenvalue weighted by atomic mass is 19.4. The van der Waals surface area contributed by atoms with Crippen LogP contribution in [0.1, 0.15) is 16.8 Å². The Hall–Kier alpha value is -3.49. The number of halogens is 3. The van der Waals surface area contributed by atoms with E-state index >= 15 is 0 Å². The highest BCUT2D eigenvalue weighted by Crippen LogP contribution is 2.29. The van der Waals surface area contributed by atoms with E-state index in [2.05, 4.69) is 20.7 Å². The number of alkyl halides is 3. The molecule has 9 heteroatoms. The van der Waals surface area contributed by atoms with Gasteiger partial charge >= 0.3 is 6.18 Å². The van der Waals surface area contributed by atoms with Gasteiger partial charge in [0, 0.05) is 19.8 Å². The highest BCUT2D eigenvalue weighted by molar-refractivity contribution is 5.79. The van der Waals surface area contributed by atoms with E-state index in [1.165, 1.54) is 6.07 Å². The average Bonchev–Trinajstić information content (AvgIpc) is 3.22. The second-order valence-corrected chi connectivity index (χ2v) is 6.43. The minimum Gasteiger partial charge on any atom is -0.497 e. The SMILES string of the molecule is CN=C(NCc1cccc(C(F)(F)F)c1)NCc1ccn(-c2ccc(OC)cc2)n1. The van der Waals surface area contributed by atoms with Crippen molar-refractivity contribution in [3.8, 4) is 11.4 Å². The van der Waals surface area contributed by atoms with E-state index in [9.17, 15) is 13.2 Å². The van der Waals surface area contributed by atoms with Crippen LogP contribution in [0, 0.1) is 0 Å². The van der Waals surface area contributed by atoms with Crippen molar-refractivity contribution in [2.75, 3.05) is 14.2 Å². The van der Waals surface area contributed by atoms with Gasteiger partial charge in [0.25, 0.3) is 0 Å². The number of aromatic nitrogens is 2. The molecule has 3 rings (SSSR count). The van der Waals surface area contributed by atoms with Crippen LogP contribution in [0.5, 0.6) is 5.75 Å². The Bertz CT molecular complexity index is 996. The largest absolute Gasteiger partial charge is 0.497 e. The van der Waals surface area contributed by atoms with Gasteiger partial charge < -0.3 is 15.4 Å². The van der Waals surface area contributed by atoms with Crippen LogP contribution in [0.2, 0.25) is 0 Å². The Morgan fingerprint density at radius 3 is 2.47 bits per heavy atom. The maximum Gasteiger partial charge on any atom is 0.416 e. The van der Waals surface area contributed by atoms with Crippen LogP contribution in [0.25, 0.3) is 5.69 Å². The van der Waals surface area contributed by atoms with Crippen LogP contribution < -0.4 is 15.4 Å². The molecule has 0 amide bonds. The number of benzene rings is 2. The van der Waals surface area contributed by atoms with Gasteiger partial charge in [0.15, 0.2) is 5.96 Å². The van der Waals surface area contributed by atoms with E-state index in [0.717, 1.165) is 29.3 Å². The van der Waals surface area contributed by atoms with Gasteiger partial charge in [0.1, 0.15) is 5.75 Å². The van der Waals surface area contributed by atoms with Gasteiger partial charge in [-0.1, -0.05) is 12.1 Å². The molecule has 0 saturated heterocycles. The number of hydrogen-bond acceptors (Lipinski definition) is 3. The van der Waals surface area contributed by atoms with E-state index in [1.54, 1.807) is 24.9 Å². The molecular weight excluding hydrogens is 395 g/mol. The number of ether oxygens (including phenoxy) is 1. The molecule has 0 atom stereocenters. The molecule has 2 N–H and O–H groups in total. The number of hydrogen-bond donors (Lipinski definition) is 2. The van der Waals surface area contributed by atoms with Crippen molar-refractivity contribution < 1.29 is 17.9 Å². The lowest BCUT2D eigenvalue weighted by Gasteiger charge is -2.12. The van der Waals surface area contributed by atoms with Gasteiger partial charge in [0.2, 0.25) is 0 Å². The van der Waals surface area contributed by atoms with E-state index < -0.39 is 11.7 Å². The predicted molar refractivity (Wildman–Crippen MR) is 109 cm³/mol. The molecule has 0 spiro atoms. The Kier molecular flexibility index (Phi) is 6.61. The molecule has 0 saturated carbocycles. The van der Waals surface area contributed by atoms with Crippen LogP contribution in [0.3, 0.4) is 0 Å². The lowest BCUT2D eigenvalue weighted by atomic mass is 10.1. The minimum atomic E-state index is -4.36. The number of nitrogens with one attached hydrogen (secondary N) is 2. The van der Waals surface area contributed by atoms with Crippen molar-refractivity contribution in [1.29, 1.82) is 0 Å². The Labute approximate surface area is 172 Å². The lowest BCUT2D eigenvalue weighted by molar-refractivity contribution is -0.137. The monoisotopic (exact) mass is 417 g/mol. The Balaban J connectivity index is 1.55. The van der Waals surface area contributed by atoms with Gasteiger partial charge in [-0.15, -0.1) is 0 Å². The molecule has 0 aliphatic heterocycles. The third-order valence-corrected chi connectivity index (χ3v) is 4.36. The Morgan fingerprint density at radius 1 is 1.07 bits per heavy atom. The molecule has 1 heterocycles. The normalized spacial score (nSPS) is 12.0. The summed E-state index contributed by atoms with van der Waals surface area (Å²) in [6, 6.07) is 14.6. The van der Waals surface area contributed by atoms with Crippen LogP contribution >= 0.6 is 0 Å². The van der Waals surface area contributed by atoms with Crippen molar-refractivity contribution in [3.05, 3.63) is 77.6 Å². The molecule has 0 radical (unpaired) electrons. The molecule has 30 heavy (non-hydrogen) atoms. The summed E-state index contributed by atoms with van der Waals surface area (Å²) in [5.41, 5.74) is 1.52. The molecular formula is C21H22F3N5O. The first-order valence-corrected chi connectivity index (χ1v) is 9.18. The molecule has 0 bridgehead atoms. The van der Waals surface area contributed by atoms with E-state index in [4.69, 9.17) is 4.74 Å². The summed E-state index contributed by atoms with van der Waals surface area (Å²) in [4.78, 5) is 4.10. The molecule has 158 valence electrons. The van der Waals surface area contributed by atoms with Gasteiger partial charge in [-0.05, 0) is 48.0 Å². The van der Waals surface area contributed by atoms with Crippen LogP contribution in [-0.4, -0.2) is 29.9 Å². The van der Waals surface area contributed by atoms with E-state index in [1.807, 2.05) is 36.5 Å². The van der Waals surface area contributed by atoms with Gasteiger partial charge in [0.05, 0.1) is 30.6 Å². The van der Waals surface area contributed by atoms with Gasteiger partial charge in [-0.2, -0.15) is 18.3 Å². The first-order chi connectivity index (χ1) is 14.4. The summed E-state index contributed by atoms with van der Waals surface area (Å²) >= 11 is 0. The molecule has 3 aromatic rings. The summed E-state index contributed by atoms with van der Waals surface area (Å²) in [5.74, 6) is 1.23. The number of methoxy groups -OCH3 is 1. The number of aliphatic imine (C=N–C) groups is 1. The zero-order valence-corrected chi connectivity index (χ0v) is 16.6. The first-order valence-electron chi connectivity index (χ1n) is 9.18. The maximum absolute atomic E-state index is 12.8. The Morgan fingerprint density at radius 2 is 1.80 bits per heavy atom. The molecule has 0 unspecified atom stereocenters. The fourth-order valence-electron chi connectivity index (χ4n) is 2.77. The van der Waals surface area contributed by atoms with Crippen LogP contribution in [-0.2, 0) is 19.3 Å². The fraction of sp³-hybridized carbons (Fsp3) is 0.238. The zero-order chi connectivity index (χ0) is 21.6. The van der Waals surface area contributed by atoms with Crippen LogP contribution in [0.4, 0.5) is 13.2 Å². The molecule has 2 aromatic carbocycles. The summed E-state index contributed by atoms with van der Waals surface area (Å²) in [6.45, 7) is 0.620. The summed E-state index contributed by atoms with van der Waals surface area (Å²) < 4.78 is 45.4. The fourth-order valence-corrected chi connectivity index (χ4v) is 2.77. The van der Waals surface area contributed by atoms with Crippen LogP contribution in [0.15, 0.2) is 65.8 Å². The first kappa shape index (κ1) is 21.2. The molecule has 6 nitrogen and oxygen atoms in total. The van der Waals surface area contributed by atoms with Gasteiger partial charge in [-0.25, -0.2) is 4.68 Å². The summed E-state index contributed by atoms with van der Waals surface area (Å²) in [6.07, 6.45) is -2.52.